The van der Waals surface area contributed by atoms with E-state index in [1.54, 1.807) is 0 Å². The molecule has 140 valence electrons. The molecule has 0 radical (unpaired) electrons. The van der Waals surface area contributed by atoms with Gasteiger partial charge in [0.2, 0.25) is 5.91 Å². The highest BCUT2D eigenvalue weighted by Crippen LogP contribution is 2.42. The van der Waals surface area contributed by atoms with E-state index in [0.29, 0.717) is 35.8 Å². The summed E-state index contributed by atoms with van der Waals surface area (Å²) in [7, 11) is 0. The van der Waals surface area contributed by atoms with Crippen molar-refractivity contribution in [2.75, 3.05) is 19.7 Å². The van der Waals surface area contributed by atoms with Gasteiger partial charge >= 0.3 is 0 Å². The van der Waals surface area contributed by atoms with Crippen LogP contribution in [0, 0.1) is 23.7 Å². The Kier molecular flexibility index (Phi) is 7.39. The third-order valence-corrected chi connectivity index (χ3v) is 6.18. The summed E-state index contributed by atoms with van der Waals surface area (Å²) in [5.74, 6) is 2.39. The van der Waals surface area contributed by atoms with Gasteiger partial charge in [0, 0.05) is 31.7 Å². The van der Waals surface area contributed by atoms with E-state index in [9.17, 15) is 4.79 Å². The average molecular weight is 359 g/mol. The van der Waals surface area contributed by atoms with Crippen molar-refractivity contribution >= 4 is 18.3 Å². The standard InChI is InChI=1S/C19H34N2O2.ClH/c1-13(2)12-23-17-6-8-21(9-7-17)19(22)16-10-14-4-3-5-15(11-16)18(14)20;/h13-18H,3-12,20H2,1-2H3;1H. The molecule has 2 unspecified atom stereocenters. The van der Waals surface area contributed by atoms with E-state index >= 15 is 0 Å². The minimum Gasteiger partial charge on any atom is -0.378 e. The Balaban J connectivity index is 0.00000208. The third-order valence-electron chi connectivity index (χ3n) is 6.18. The van der Waals surface area contributed by atoms with Gasteiger partial charge in [0.25, 0.3) is 0 Å². The molecule has 0 aromatic heterocycles. The monoisotopic (exact) mass is 358 g/mol. The summed E-state index contributed by atoms with van der Waals surface area (Å²) in [4.78, 5) is 15.0. The fourth-order valence-corrected chi connectivity index (χ4v) is 4.82. The van der Waals surface area contributed by atoms with Crippen LogP contribution in [0.4, 0.5) is 0 Å². The molecule has 1 saturated heterocycles. The minimum absolute atomic E-state index is 0. The zero-order valence-electron chi connectivity index (χ0n) is 15.3. The maximum absolute atomic E-state index is 12.9. The molecule has 24 heavy (non-hydrogen) atoms. The third kappa shape index (κ3) is 4.64. The van der Waals surface area contributed by atoms with Gasteiger partial charge < -0.3 is 15.4 Å². The zero-order valence-corrected chi connectivity index (χ0v) is 16.1. The molecule has 3 fully saturated rings. The molecule has 2 aliphatic carbocycles. The van der Waals surface area contributed by atoms with Crippen molar-refractivity contribution in [2.24, 2.45) is 29.4 Å². The first-order valence-corrected chi connectivity index (χ1v) is 9.70. The van der Waals surface area contributed by atoms with Crippen molar-refractivity contribution in [3.8, 4) is 0 Å². The number of hydrogen-bond acceptors (Lipinski definition) is 3. The van der Waals surface area contributed by atoms with Gasteiger partial charge in [-0.05, 0) is 56.3 Å². The Hall–Kier alpha value is -0.320. The molecule has 5 heteroatoms. The van der Waals surface area contributed by atoms with Crippen LogP contribution < -0.4 is 5.73 Å². The summed E-state index contributed by atoms with van der Waals surface area (Å²) >= 11 is 0. The van der Waals surface area contributed by atoms with Gasteiger partial charge in [-0.25, -0.2) is 0 Å². The summed E-state index contributed by atoms with van der Waals surface area (Å²) in [6.07, 6.45) is 8.16. The van der Waals surface area contributed by atoms with Crippen LogP contribution in [0.1, 0.15) is 58.8 Å². The van der Waals surface area contributed by atoms with Gasteiger partial charge in [0.1, 0.15) is 0 Å². The molecule has 0 aromatic rings. The first-order valence-electron chi connectivity index (χ1n) is 9.70. The normalized spacial score (nSPS) is 34.1. The van der Waals surface area contributed by atoms with Crippen LogP contribution in [-0.4, -0.2) is 42.6 Å². The quantitative estimate of drug-likeness (QED) is 0.839. The predicted octanol–water partition coefficient (Wildman–Crippen LogP) is 3.23. The number of halogens is 1. The molecule has 1 heterocycles. The minimum atomic E-state index is 0. The smallest absolute Gasteiger partial charge is 0.225 e. The maximum atomic E-state index is 12.9. The number of rotatable bonds is 4. The van der Waals surface area contributed by atoms with Crippen molar-refractivity contribution in [3.05, 3.63) is 0 Å². The highest BCUT2D eigenvalue weighted by Gasteiger charge is 2.42. The lowest BCUT2D eigenvalue weighted by molar-refractivity contribution is -0.141. The lowest BCUT2D eigenvalue weighted by Crippen LogP contribution is -2.51. The number of piperidine rings is 1. The lowest BCUT2D eigenvalue weighted by Gasteiger charge is -2.45. The van der Waals surface area contributed by atoms with Crippen LogP contribution in [0.2, 0.25) is 0 Å². The largest absolute Gasteiger partial charge is 0.378 e. The topological polar surface area (TPSA) is 55.6 Å². The second-order valence-electron chi connectivity index (χ2n) is 8.45. The molecule has 2 atom stereocenters. The Morgan fingerprint density at radius 1 is 1.12 bits per heavy atom. The van der Waals surface area contributed by atoms with Crippen LogP contribution in [0.5, 0.6) is 0 Å². The molecular formula is C19H35ClN2O2. The summed E-state index contributed by atoms with van der Waals surface area (Å²) < 4.78 is 5.94. The maximum Gasteiger partial charge on any atom is 0.225 e. The number of ether oxygens (including phenoxy) is 1. The van der Waals surface area contributed by atoms with Crippen LogP contribution >= 0.6 is 12.4 Å². The predicted molar refractivity (Wildman–Crippen MR) is 99.2 cm³/mol. The molecule has 0 spiro atoms. The summed E-state index contributed by atoms with van der Waals surface area (Å²) in [5.41, 5.74) is 6.36. The van der Waals surface area contributed by atoms with Crippen molar-refractivity contribution in [3.63, 3.8) is 0 Å². The fraction of sp³-hybridized carbons (Fsp3) is 0.947. The Labute approximate surface area is 153 Å². The van der Waals surface area contributed by atoms with Gasteiger partial charge in [-0.15, -0.1) is 12.4 Å². The van der Waals surface area contributed by atoms with Crippen molar-refractivity contribution < 1.29 is 9.53 Å². The molecule has 2 N–H and O–H groups in total. The van der Waals surface area contributed by atoms with Crippen molar-refractivity contribution in [1.29, 1.82) is 0 Å². The number of carbonyl (C=O) groups is 1. The molecule has 3 rings (SSSR count). The van der Waals surface area contributed by atoms with Crippen LogP contribution in [0.3, 0.4) is 0 Å². The molecule has 2 saturated carbocycles. The Morgan fingerprint density at radius 2 is 1.71 bits per heavy atom. The average Bonchev–Trinajstić information content (AvgIpc) is 2.52. The number of hydrogen-bond donors (Lipinski definition) is 1. The first kappa shape index (κ1) is 20.0. The van der Waals surface area contributed by atoms with Gasteiger partial charge in [0.05, 0.1) is 6.10 Å². The summed E-state index contributed by atoms with van der Waals surface area (Å²) in [6, 6.07) is 0.350. The van der Waals surface area contributed by atoms with E-state index in [2.05, 4.69) is 18.7 Å². The Bertz CT molecular complexity index is 396. The van der Waals surface area contributed by atoms with Crippen LogP contribution in [0.15, 0.2) is 0 Å². The van der Waals surface area contributed by atoms with Crippen LogP contribution in [-0.2, 0) is 9.53 Å². The molecule has 2 bridgehead atoms. The number of carbonyl (C=O) groups excluding carboxylic acids is 1. The second-order valence-corrected chi connectivity index (χ2v) is 8.45. The fourth-order valence-electron chi connectivity index (χ4n) is 4.82. The molecular weight excluding hydrogens is 324 g/mol. The van der Waals surface area contributed by atoms with Crippen molar-refractivity contribution in [1.82, 2.24) is 4.90 Å². The molecule has 1 amide bonds. The second kappa shape index (κ2) is 8.86. The Morgan fingerprint density at radius 3 is 2.25 bits per heavy atom. The number of nitrogens with zero attached hydrogens (tertiary/aromatic N) is 1. The van der Waals surface area contributed by atoms with Crippen molar-refractivity contribution in [2.45, 2.75) is 70.9 Å². The van der Waals surface area contributed by atoms with E-state index in [-0.39, 0.29) is 18.3 Å². The summed E-state index contributed by atoms with van der Waals surface area (Å²) in [5, 5.41) is 0. The van der Waals surface area contributed by atoms with E-state index in [4.69, 9.17) is 10.5 Å². The summed E-state index contributed by atoms with van der Waals surface area (Å²) in [6.45, 7) is 6.95. The highest BCUT2D eigenvalue weighted by molar-refractivity contribution is 5.85. The van der Waals surface area contributed by atoms with Gasteiger partial charge in [-0.1, -0.05) is 20.3 Å². The first-order chi connectivity index (χ1) is 11.0. The molecule has 3 aliphatic rings. The van der Waals surface area contributed by atoms with Crippen LogP contribution in [0.25, 0.3) is 0 Å². The molecule has 4 nitrogen and oxygen atoms in total. The number of likely N-dealkylation sites (tertiary alicyclic amines) is 1. The van der Waals surface area contributed by atoms with E-state index in [1.165, 1.54) is 19.3 Å². The van der Waals surface area contributed by atoms with Gasteiger partial charge in [0.15, 0.2) is 0 Å². The lowest BCUT2D eigenvalue weighted by atomic mass is 9.65. The SMILES string of the molecule is CC(C)COC1CCN(C(=O)C2CC3CCCC(C2)C3N)CC1.Cl. The van der Waals surface area contributed by atoms with Gasteiger partial charge in [-0.2, -0.15) is 0 Å². The van der Waals surface area contributed by atoms with E-state index in [0.717, 1.165) is 45.4 Å². The van der Waals surface area contributed by atoms with E-state index in [1.807, 2.05) is 0 Å². The number of fused-ring (bicyclic) bond motifs is 2. The van der Waals surface area contributed by atoms with E-state index < -0.39 is 0 Å². The molecule has 0 aromatic carbocycles. The van der Waals surface area contributed by atoms with Gasteiger partial charge in [-0.3, -0.25) is 4.79 Å². The number of nitrogens with two attached hydrogens (primary N) is 1. The zero-order chi connectivity index (χ0) is 16.4. The number of amides is 1. The molecule has 1 aliphatic heterocycles. The highest BCUT2D eigenvalue weighted by atomic mass is 35.5.